The van der Waals surface area contributed by atoms with E-state index in [2.05, 4.69) is 25.7 Å². The van der Waals surface area contributed by atoms with Crippen LogP contribution in [0.3, 0.4) is 0 Å². The van der Waals surface area contributed by atoms with Crippen molar-refractivity contribution in [2.45, 2.75) is 58.6 Å². The van der Waals surface area contributed by atoms with Crippen LogP contribution in [-0.4, -0.2) is 36.7 Å². The minimum absolute atomic E-state index is 0.465. The van der Waals surface area contributed by atoms with Crippen molar-refractivity contribution in [2.75, 3.05) is 19.7 Å². The Balaban J connectivity index is 1.70. The van der Waals surface area contributed by atoms with Crippen LogP contribution in [0.2, 0.25) is 0 Å². The van der Waals surface area contributed by atoms with Crippen LogP contribution in [0.1, 0.15) is 46.5 Å². The van der Waals surface area contributed by atoms with Crippen LogP contribution in [0.25, 0.3) is 0 Å². The van der Waals surface area contributed by atoms with Crippen molar-refractivity contribution in [1.29, 1.82) is 0 Å². The largest absolute Gasteiger partial charge is 0.379 e. The Labute approximate surface area is 100 Å². The fourth-order valence-electron chi connectivity index (χ4n) is 3.31. The van der Waals surface area contributed by atoms with Gasteiger partial charge in [0.05, 0.1) is 6.10 Å². The summed E-state index contributed by atoms with van der Waals surface area (Å²) in [6, 6.07) is 0.915. The Hall–Kier alpha value is -0.0800. The Kier molecular flexibility index (Phi) is 4.26. The van der Waals surface area contributed by atoms with E-state index in [1.165, 1.54) is 38.8 Å². The van der Waals surface area contributed by atoms with Gasteiger partial charge in [0.2, 0.25) is 0 Å². The molecule has 2 heteroatoms. The van der Waals surface area contributed by atoms with Gasteiger partial charge in [-0.15, -0.1) is 0 Å². The molecule has 0 N–H and O–H groups in total. The van der Waals surface area contributed by atoms with Gasteiger partial charge >= 0.3 is 0 Å². The van der Waals surface area contributed by atoms with Crippen LogP contribution >= 0.6 is 0 Å². The van der Waals surface area contributed by atoms with Crippen LogP contribution in [0.4, 0.5) is 0 Å². The molecule has 1 saturated carbocycles. The lowest BCUT2D eigenvalue weighted by Crippen LogP contribution is -2.48. The number of piperidine rings is 1. The van der Waals surface area contributed by atoms with Gasteiger partial charge in [-0.1, -0.05) is 6.92 Å². The van der Waals surface area contributed by atoms with Crippen LogP contribution in [0.5, 0.6) is 0 Å². The quantitative estimate of drug-likeness (QED) is 0.729. The minimum atomic E-state index is 0.465. The lowest BCUT2D eigenvalue weighted by atomic mass is 9.79. The zero-order chi connectivity index (χ0) is 11.5. The Morgan fingerprint density at radius 3 is 2.38 bits per heavy atom. The van der Waals surface area contributed by atoms with E-state index in [9.17, 15) is 0 Å². The molecule has 2 rings (SSSR count). The molecule has 0 bridgehead atoms. The molecule has 1 saturated heterocycles. The van der Waals surface area contributed by atoms with Gasteiger partial charge < -0.3 is 9.64 Å². The third-order valence-electron chi connectivity index (χ3n) is 4.53. The SMILES string of the molecule is CCOC(C)C1CCN(C2CC(C)C2)CC1. The van der Waals surface area contributed by atoms with Crippen molar-refractivity contribution in [1.82, 2.24) is 4.90 Å². The molecular weight excluding hydrogens is 198 g/mol. The molecule has 2 nitrogen and oxygen atoms in total. The van der Waals surface area contributed by atoms with E-state index in [1.54, 1.807) is 0 Å². The highest BCUT2D eigenvalue weighted by Gasteiger charge is 2.33. The Bertz CT molecular complexity index is 192. The van der Waals surface area contributed by atoms with Gasteiger partial charge in [0, 0.05) is 12.6 Å². The second-order valence-corrected chi connectivity index (χ2v) is 5.76. The lowest BCUT2D eigenvalue weighted by molar-refractivity contribution is -0.0112. The maximum absolute atomic E-state index is 5.72. The van der Waals surface area contributed by atoms with Crippen molar-refractivity contribution in [3.8, 4) is 0 Å². The predicted molar refractivity (Wildman–Crippen MR) is 67.6 cm³/mol. The van der Waals surface area contributed by atoms with Crippen molar-refractivity contribution >= 4 is 0 Å². The van der Waals surface area contributed by atoms with Crippen molar-refractivity contribution < 1.29 is 4.74 Å². The number of nitrogens with zero attached hydrogens (tertiary/aromatic N) is 1. The molecule has 0 aromatic carbocycles. The highest BCUT2D eigenvalue weighted by atomic mass is 16.5. The van der Waals surface area contributed by atoms with E-state index in [0.29, 0.717) is 6.10 Å². The zero-order valence-electron chi connectivity index (χ0n) is 11.1. The molecule has 0 aromatic heterocycles. The summed E-state index contributed by atoms with van der Waals surface area (Å²) in [7, 11) is 0. The first-order chi connectivity index (χ1) is 7.70. The maximum Gasteiger partial charge on any atom is 0.0575 e. The summed E-state index contributed by atoms with van der Waals surface area (Å²) in [6.07, 6.45) is 6.02. The summed E-state index contributed by atoms with van der Waals surface area (Å²) in [5, 5.41) is 0. The maximum atomic E-state index is 5.72. The van der Waals surface area contributed by atoms with Crippen LogP contribution in [-0.2, 0) is 4.74 Å². The monoisotopic (exact) mass is 225 g/mol. The number of hydrogen-bond donors (Lipinski definition) is 0. The number of rotatable bonds is 4. The summed E-state index contributed by atoms with van der Waals surface area (Å²) in [6.45, 7) is 10.2. The van der Waals surface area contributed by atoms with Gasteiger partial charge in [0.1, 0.15) is 0 Å². The molecule has 0 aromatic rings. The van der Waals surface area contributed by atoms with Crippen molar-refractivity contribution in [2.24, 2.45) is 11.8 Å². The summed E-state index contributed by atoms with van der Waals surface area (Å²) in [5.41, 5.74) is 0. The van der Waals surface area contributed by atoms with Gasteiger partial charge in [-0.05, 0) is 64.5 Å². The van der Waals surface area contributed by atoms with E-state index in [-0.39, 0.29) is 0 Å². The highest BCUT2D eigenvalue weighted by molar-refractivity contribution is 4.88. The number of likely N-dealkylation sites (tertiary alicyclic amines) is 1. The topological polar surface area (TPSA) is 12.5 Å². The smallest absolute Gasteiger partial charge is 0.0575 e. The summed E-state index contributed by atoms with van der Waals surface area (Å²) in [4.78, 5) is 2.72. The zero-order valence-corrected chi connectivity index (χ0v) is 11.1. The van der Waals surface area contributed by atoms with Gasteiger partial charge in [-0.25, -0.2) is 0 Å². The molecule has 0 radical (unpaired) electrons. The Morgan fingerprint density at radius 2 is 1.88 bits per heavy atom. The molecule has 1 unspecified atom stereocenters. The molecular formula is C14H27NO. The van der Waals surface area contributed by atoms with E-state index in [4.69, 9.17) is 4.74 Å². The molecule has 94 valence electrons. The van der Waals surface area contributed by atoms with Crippen LogP contribution in [0.15, 0.2) is 0 Å². The molecule has 1 aliphatic heterocycles. The first kappa shape index (κ1) is 12.4. The van der Waals surface area contributed by atoms with Crippen molar-refractivity contribution in [3.63, 3.8) is 0 Å². The fraction of sp³-hybridized carbons (Fsp3) is 1.00. The third-order valence-corrected chi connectivity index (χ3v) is 4.53. The first-order valence-electron chi connectivity index (χ1n) is 7.06. The summed E-state index contributed by atoms with van der Waals surface area (Å²) >= 11 is 0. The van der Waals surface area contributed by atoms with Gasteiger partial charge in [-0.2, -0.15) is 0 Å². The first-order valence-corrected chi connectivity index (χ1v) is 7.06. The second kappa shape index (κ2) is 5.50. The molecule has 0 spiro atoms. The van der Waals surface area contributed by atoms with Gasteiger partial charge in [0.15, 0.2) is 0 Å². The minimum Gasteiger partial charge on any atom is -0.379 e. The molecule has 2 aliphatic rings. The molecule has 0 amide bonds. The number of ether oxygens (including phenoxy) is 1. The van der Waals surface area contributed by atoms with E-state index in [1.807, 2.05) is 0 Å². The average molecular weight is 225 g/mol. The van der Waals surface area contributed by atoms with E-state index in [0.717, 1.165) is 24.5 Å². The van der Waals surface area contributed by atoms with Crippen molar-refractivity contribution in [3.05, 3.63) is 0 Å². The second-order valence-electron chi connectivity index (χ2n) is 5.76. The fourth-order valence-corrected chi connectivity index (χ4v) is 3.31. The Morgan fingerprint density at radius 1 is 1.25 bits per heavy atom. The number of hydrogen-bond acceptors (Lipinski definition) is 2. The molecule has 1 aliphatic carbocycles. The van der Waals surface area contributed by atoms with Crippen LogP contribution < -0.4 is 0 Å². The highest BCUT2D eigenvalue weighted by Crippen LogP contribution is 2.34. The average Bonchev–Trinajstić information content (AvgIpc) is 2.25. The molecule has 2 fully saturated rings. The normalized spacial score (nSPS) is 34.7. The van der Waals surface area contributed by atoms with E-state index < -0.39 is 0 Å². The van der Waals surface area contributed by atoms with Gasteiger partial charge in [0.25, 0.3) is 0 Å². The van der Waals surface area contributed by atoms with E-state index >= 15 is 0 Å². The molecule has 1 heterocycles. The molecule has 1 atom stereocenters. The summed E-state index contributed by atoms with van der Waals surface area (Å²) in [5.74, 6) is 1.78. The van der Waals surface area contributed by atoms with Gasteiger partial charge in [-0.3, -0.25) is 0 Å². The third kappa shape index (κ3) is 2.78. The summed E-state index contributed by atoms with van der Waals surface area (Å²) < 4.78 is 5.72. The predicted octanol–water partition coefficient (Wildman–Crippen LogP) is 2.92. The van der Waals surface area contributed by atoms with Crippen LogP contribution in [0, 0.1) is 11.8 Å². The molecule has 16 heavy (non-hydrogen) atoms. The standard InChI is InChI=1S/C14H27NO/c1-4-16-12(3)13-5-7-15(8-6-13)14-9-11(2)10-14/h11-14H,4-10H2,1-3H3. The lowest BCUT2D eigenvalue weighted by Gasteiger charge is -2.45.